The molecule has 0 atom stereocenters. The van der Waals surface area contributed by atoms with Crippen LogP contribution in [0.2, 0.25) is 0 Å². The molecule has 0 saturated carbocycles. The molecule has 3 aromatic rings. The summed E-state index contributed by atoms with van der Waals surface area (Å²) in [7, 11) is 0. The fraction of sp³-hybridized carbons (Fsp3) is 0.391. The zero-order valence-corrected chi connectivity index (χ0v) is 16.6. The summed E-state index contributed by atoms with van der Waals surface area (Å²) in [5.41, 5.74) is 9.07. The van der Waals surface area contributed by atoms with Crippen LogP contribution < -0.4 is 10.5 Å². The zero-order valence-electron chi connectivity index (χ0n) is 16.6. The highest BCUT2D eigenvalue weighted by atomic mass is 16.5. The van der Waals surface area contributed by atoms with Crippen molar-refractivity contribution in [3.8, 4) is 5.75 Å². The lowest BCUT2D eigenvalue weighted by Crippen LogP contribution is -2.43. The van der Waals surface area contributed by atoms with Gasteiger partial charge in [0.1, 0.15) is 22.6 Å². The molecule has 2 aromatic carbocycles. The first-order chi connectivity index (χ1) is 13.5. The number of hydrogen-bond donors (Lipinski definition) is 3. The van der Waals surface area contributed by atoms with Crippen LogP contribution in [-0.2, 0) is 18.4 Å². The Morgan fingerprint density at radius 2 is 1.68 bits per heavy atom. The molecule has 0 amide bonds. The topological polar surface area (TPSA) is 88.9 Å². The molecule has 0 bridgehead atoms. The highest BCUT2D eigenvalue weighted by molar-refractivity contribution is 5.79. The van der Waals surface area contributed by atoms with Crippen molar-refractivity contribution in [2.75, 3.05) is 19.8 Å². The van der Waals surface area contributed by atoms with Crippen molar-refractivity contribution in [2.24, 2.45) is 5.73 Å². The predicted octanol–water partition coefficient (Wildman–Crippen LogP) is 3.45. The van der Waals surface area contributed by atoms with Gasteiger partial charge in [-0.25, -0.2) is 0 Å². The summed E-state index contributed by atoms with van der Waals surface area (Å²) in [4.78, 5) is 0. The van der Waals surface area contributed by atoms with E-state index in [9.17, 15) is 10.2 Å². The number of aryl methyl sites for hydroxylation is 3. The van der Waals surface area contributed by atoms with Gasteiger partial charge in [-0.05, 0) is 67.1 Å². The van der Waals surface area contributed by atoms with Crippen LogP contribution in [0.1, 0.15) is 35.8 Å². The van der Waals surface area contributed by atoms with Crippen LogP contribution in [0.15, 0.2) is 46.9 Å². The number of fused-ring (bicyclic) bond motifs is 1. The van der Waals surface area contributed by atoms with Crippen molar-refractivity contribution < 1.29 is 19.4 Å². The van der Waals surface area contributed by atoms with Crippen LogP contribution in [0.3, 0.4) is 0 Å². The minimum absolute atomic E-state index is 0.381. The highest BCUT2D eigenvalue weighted by Crippen LogP contribution is 2.28. The molecule has 150 valence electrons. The molecule has 0 aliphatic carbocycles. The van der Waals surface area contributed by atoms with Gasteiger partial charge < -0.3 is 25.1 Å². The number of aliphatic hydroxyl groups is 2. The summed E-state index contributed by atoms with van der Waals surface area (Å²) in [6.07, 6.45) is 2.83. The van der Waals surface area contributed by atoms with Gasteiger partial charge in [0.25, 0.3) is 0 Å². The molecule has 1 aromatic heterocycles. The minimum Gasteiger partial charge on any atom is -0.493 e. The Kier molecular flexibility index (Phi) is 6.39. The summed E-state index contributed by atoms with van der Waals surface area (Å²) in [5.74, 6) is 1.35. The van der Waals surface area contributed by atoms with Gasteiger partial charge in [-0.3, -0.25) is 0 Å². The Bertz CT molecular complexity index is 927. The molecule has 0 aliphatic heterocycles. The Hall–Kier alpha value is -2.34. The average molecular weight is 383 g/mol. The van der Waals surface area contributed by atoms with Crippen LogP contribution >= 0.6 is 0 Å². The zero-order chi connectivity index (χ0) is 20.1. The van der Waals surface area contributed by atoms with Gasteiger partial charge in [0.05, 0.1) is 19.8 Å². The summed E-state index contributed by atoms with van der Waals surface area (Å²) in [6, 6.07) is 14.2. The third kappa shape index (κ3) is 4.38. The SMILES string of the molecule is CCCOc1ccc(CCc2ccc3oc(C(N)(CO)CO)cc3c2)cc1C. The molecule has 0 saturated heterocycles. The summed E-state index contributed by atoms with van der Waals surface area (Å²) in [6.45, 7) is 4.16. The van der Waals surface area contributed by atoms with E-state index in [1.165, 1.54) is 11.1 Å². The molecule has 0 aliphatic rings. The van der Waals surface area contributed by atoms with Crippen molar-refractivity contribution in [3.05, 3.63) is 64.9 Å². The van der Waals surface area contributed by atoms with Crippen LogP contribution in [-0.4, -0.2) is 30.0 Å². The number of nitrogens with two attached hydrogens (primary N) is 1. The lowest BCUT2D eigenvalue weighted by atomic mass is 9.99. The second kappa shape index (κ2) is 8.78. The second-order valence-electron chi connectivity index (χ2n) is 7.40. The maximum atomic E-state index is 9.46. The molecule has 0 fully saturated rings. The lowest BCUT2D eigenvalue weighted by molar-refractivity contribution is 0.105. The number of hydrogen-bond acceptors (Lipinski definition) is 5. The summed E-state index contributed by atoms with van der Waals surface area (Å²) >= 11 is 0. The summed E-state index contributed by atoms with van der Waals surface area (Å²) in [5, 5.41) is 19.8. The van der Waals surface area contributed by atoms with Crippen molar-refractivity contribution in [2.45, 2.75) is 38.6 Å². The van der Waals surface area contributed by atoms with Crippen LogP contribution in [0, 0.1) is 6.92 Å². The smallest absolute Gasteiger partial charge is 0.134 e. The Labute approximate surface area is 165 Å². The molecule has 1 heterocycles. The number of aliphatic hydroxyl groups excluding tert-OH is 2. The average Bonchev–Trinajstić information content (AvgIpc) is 3.15. The number of benzene rings is 2. The monoisotopic (exact) mass is 383 g/mol. The van der Waals surface area contributed by atoms with Gasteiger partial charge >= 0.3 is 0 Å². The molecule has 28 heavy (non-hydrogen) atoms. The maximum Gasteiger partial charge on any atom is 0.134 e. The third-order valence-corrected chi connectivity index (χ3v) is 5.04. The molecule has 0 radical (unpaired) electrons. The largest absolute Gasteiger partial charge is 0.493 e. The molecule has 0 spiro atoms. The van der Waals surface area contributed by atoms with Gasteiger partial charge in [-0.2, -0.15) is 0 Å². The van der Waals surface area contributed by atoms with E-state index in [2.05, 4.69) is 38.1 Å². The number of ether oxygens (including phenoxy) is 1. The van der Waals surface area contributed by atoms with Gasteiger partial charge in [0.2, 0.25) is 0 Å². The van der Waals surface area contributed by atoms with Gasteiger partial charge in [0.15, 0.2) is 0 Å². The van der Waals surface area contributed by atoms with Crippen LogP contribution in [0.25, 0.3) is 11.0 Å². The molecule has 4 N–H and O–H groups in total. The Morgan fingerprint density at radius 3 is 2.32 bits per heavy atom. The highest BCUT2D eigenvalue weighted by Gasteiger charge is 2.29. The van der Waals surface area contributed by atoms with E-state index in [-0.39, 0.29) is 13.2 Å². The Balaban J connectivity index is 1.72. The van der Waals surface area contributed by atoms with Gasteiger partial charge in [-0.1, -0.05) is 25.1 Å². The quantitative estimate of drug-likeness (QED) is 0.527. The van der Waals surface area contributed by atoms with E-state index in [1.54, 1.807) is 6.07 Å². The molecule has 0 unspecified atom stereocenters. The van der Waals surface area contributed by atoms with E-state index in [0.29, 0.717) is 11.3 Å². The fourth-order valence-corrected chi connectivity index (χ4v) is 3.23. The van der Waals surface area contributed by atoms with E-state index < -0.39 is 5.54 Å². The van der Waals surface area contributed by atoms with Crippen molar-refractivity contribution >= 4 is 11.0 Å². The molecule has 5 nitrogen and oxygen atoms in total. The van der Waals surface area contributed by atoms with Gasteiger partial charge in [0, 0.05) is 5.39 Å². The van der Waals surface area contributed by atoms with E-state index in [0.717, 1.165) is 42.6 Å². The van der Waals surface area contributed by atoms with Crippen molar-refractivity contribution in [1.29, 1.82) is 0 Å². The first kappa shape index (κ1) is 20.4. The van der Waals surface area contributed by atoms with E-state index in [4.69, 9.17) is 14.9 Å². The first-order valence-electron chi connectivity index (χ1n) is 9.75. The van der Waals surface area contributed by atoms with Crippen molar-refractivity contribution in [1.82, 2.24) is 0 Å². The number of rotatable bonds is 9. The van der Waals surface area contributed by atoms with Crippen LogP contribution in [0.4, 0.5) is 0 Å². The second-order valence-corrected chi connectivity index (χ2v) is 7.40. The predicted molar refractivity (Wildman–Crippen MR) is 111 cm³/mol. The molecular formula is C23H29NO4. The molecular weight excluding hydrogens is 354 g/mol. The lowest BCUT2D eigenvalue weighted by Gasteiger charge is -2.21. The maximum absolute atomic E-state index is 9.46. The number of furan rings is 1. The standard InChI is InChI=1S/C23H29NO4/c1-3-10-27-20-8-6-17(11-16(20)2)4-5-18-7-9-21-19(12-18)13-22(28-21)23(24,14-25)15-26/h6-9,11-13,25-26H,3-5,10,14-15,24H2,1-2H3. The normalized spacial score (nSPS) is 11.9. The van der Waals surface area contributed by atoms with Gasteiger partial charge in [-0.15, -0.1) is 0 Å². The summed E-state index contributed by atoms with van der Waals surface area (Å²) < 4.78 is 11.5. The van der Waals surface area contributed by atoms with Crippen LogP contribution in [0.5, 0.6) is 5.75 Å². The van der Waals surface area contributed by atoms with Crippen molar-refractivity contribution in [3.63, 3.8) is 0 Å². The molecule has 5 heteroatoms. The van der Waals surface area contributed by atoms with E-state index in [1.807, 2.05) is 12.1 Å². The molecule has 3 rings (SSSR count). The fourth-order valence-electron chi connectivity index (χ4n) is 3.23. The first-order valence-corrected chi connectivity index (χ1v) is 9.75. The minimum atomic E-state index is -1.27. The Morgan fingerprint density at radius 1 is 1.00 bits per heavy atom. The van der Waals surface area contributed by atoms with E-state index >= 15 is 0 Å². The third-order valence-electron chi connectivity index (χ3n) is 5.04.